The van der Waals surface area contributed by atoms with Gasteiger partial charge in [-0.05, 0) is 28.7 Å². The summed E-state index contributed by atoms with van der Waals surface area (Å²) in [5.41, 5.74) is 0. The number of aromatic nitrogens is 1. The monoisotopic (exact) mass is 338 g/mol. The predicted molar refractivity (Wildman–Crippen MR) is 66.6 cm³/mol. The number of nitrogens with zero attached hydrogens (tertiary/aromatic N) is 1. The Morgan fingerprint density at radius 2 is 2.44 bits per heavy atom. The standard InChI is InChI=1S/C10H12FIN2O2/c1-6(5-16-2)10(15)14-9-8(12)3-7(11)4-13-9/h3-4,6H,5H2,1-2H3,(H,13,14,15). The van der Waals surface area contributed by atoms with Crippen molar-refractivity contribution in [2.24, 2.45) is 5.92 Å². The van der Waals surface area contributed by atoms with Gasteiger partial charge in [0.1, 0.15) is 11.6 Å². The van der Waals surface area contributed by atoms with E-state index in [0.29, 0.717) is 16.0 Å². The Bertz CT molecular complexity index is 387. The van der Waals surface area contributed by atoms with Crippen molar-refractivity contribution >= 4 is 34.3 Å². The molecule has 16 heavy (non-hydrogen) atoms. The van der Waals surface area contributed by atoms with Crippen LogP contribution in [0.3, 0.4) is 0 Å². The summed E-state index contributed by atoms with van der Waals surface area (Å²) in [5.74, 6) is -0.520. The van der Waals surface area contributed by atoms with Crippen molar-refractivity contribution in [3.8, 4) is 0 Å². The molecule has 0 saturated carbocycles. The highest BCUT2D eigenvalue weighted by Gasteiger charge is 2.14. The number of pyridine rings is 1. The lowest BCUT2D eigenvalue weighted by molar-refractivity contribution is -0.120. The van der Waals surface area contributed by atoms with Crippen LogP contribution in [0.4, 0.5) is 10.2 Å². The summed E-state index contributed by atoms with van der Waals surface area (Å²) in [6.07, 6.45) is 1.07. The first kappa shape index (κ1) is 13.3. The first-order valence-electron chi connectivity index (χ1n) is 4.65. The zero-order valence-electron chi connectivity index (χ0n) is 8.96. The van der Waals surface area contributed by atoms with Crippen LogP contribution in [0.25, 0.3) is 0 Å². The topological polar surface area (TPSA) is 51.2 Å². The van der Waals surface area contributed by atoms with Gasteiger partial charge >= 0.3 is 0 Å². The minimum absolute atomic E-state index is 0.195. The average Bonchev–Trinajstić information content (AvgIpc) is 2.22. The van der Waals surface area contributed by atoms with Crippen molar-refractivity contribution in [3.05, 3.63) is 21.7 Å². The Morgan fingerprint density at radius 1 is 1.75 bits per heavy atom. The predicted octanol–water partition coefficient (Wildman–Crippen LogP) is 2.05. The van der Waals surface area contributed by atoms with Crippen molar-refractivity contribution < 1.29 is 13.9 Å². The van der Waals surface area contributed by atoms with Crippen LogP contribution in [-0.4, -0.2) is 24.6 Å². The number of carbonyl (C=O) groups is 1. The maximum Gasteiger partial charge on any atom is 0.230 e. The number of methoxy groups -OCH3 is 1. The molecule has 4 nitrogen and oxygen atoms in total. The second-order valence-corrected chi connectivity index (χ2v) is 4.49. The molecule has 1 aromatic rings. The second-order valence-electron chi connectivity index (χ2n) is 3.33. The van der Waals surface area contributed by atoms with Gasteiger partial charge in [0.15, 0.2) is 0 Å². The highest BCUT2D eigenvalue weighted by Crippen LogP contribution is 2.16. The number of anilines is 1. The zero-order valence-corrected chi connectivity index (χ0v) is 11.1. The van der Waals surface area contributed by atoms with Gasteiger partial charge in [-0.25, -0.2) is 9.37 Å². The highest BCUT2D eigenvalue weighted by molar-refractivity contribution is 14.1. The van der Waals surface area contributed by atoms with E-state index in [0.717, 1.165) is 6.20 Å². The summed E-state index contributed by atoms with van der Waals surface area (Å²) in [6, 6.07) is 1.31. The molecule has 88 valence electrons. The fraction of sp³-hybridized carbons (Fsp3) is 0.400. The number of rotatable bonds is 4. The molecular formula is C10H12FIN2O2. The first-order chi connectivity index (χ1) is 7.54. The maximum atomic E-state index is 12.8. The van der Waals surface area contributed by atoms with Crippen LogP contribution in [0, 0.1) is 15.3 Å². The number of hydrogen-bond acceptors (Lipinski definition) is 3. The van der Waals surface area contributed by atoms with Gasteiger partial charge in [0.2, 0.25) is 5.91 Å². The van der Waals surface area contributed by atoms with E-state index in [-0.39, 0.29) is 11.8 Å². The molecule has 1 unspecified atom stereocenters. The second kappa shape index (κ2) is 6.09. The molecule has 0 radical (unpaired) electrons. The average molecular weight is 338 g/mol. The number of hydrogen-bond donors (Lipinski definition) is 1. The van der Waals surface area contributed by atoms with E-state index in [1.54, 1.807) is 6.92 Å². The molecule has 0 aromatic carbocycles. The minimum atomic E-state index is -0.424. The van der Waals surface area contributed by atoms with Crippen LogP contribution >= 0.6 is 22.6 Å². The summed E-state index contributed by atoms with van der Waals surface area (Å²) in [5, 5.41) is 2.62. The molecule has 1 aromatic heterocycles. The minimum Gasteiger partial charge on any atom is -0.384 e. The third-order valence-electron chi connectivity index (χ3n) is 1.91. The van der Waals surface area contributed by atoms with Crippen LogP contribution in [0.1, 0.15) is 6.92 Å². The molecular weight excluding hydrogens is 326 g/mol. The van der Waals surface area contributed by atoms with Crippen molar-refractivity contribution in [1.29, 1.82) is 0 Å². The van der Waals surface area contributed by atoms with Gasteiger partial charge in [0, 0.05) is 7.11 Å². The van der Waals surface area contributed by atoms with E-state index in [2.05, 4.69) is 10.3 Å². The van der Waals surface area contributed by atoms with Crippen molar-refractivity contribution in [2.45, 2.75) is 6.92 Å². The molecule has 0 fully saturated rings. The molecule has 0 bridgehead atoms. The Hall–Kier alpha value is -0.760. The largest absolute Gasteiger partial charge is 0.384 e. The smallest absolute Gasteiger partial charge is 0.230 e. The summed E-state index contributed by atoms with van der Waals surface area (Å²) in [6.45, 7) is 2.08. The van der Waals surface area contributed by atoms with Gasteiger partial charge in [-0.15, -0.1) is 0 Å². The van der Waals surface area contributed by atoms with Crippen LogP contribution in [0.2, 0.25) is 0 Å². The summed E-state index contributed by atoms with van der Waals surface area (Å²) >= 11 is 1.92. The Labute approximate surface area is 107 Å². The van der Waals surface area contributed by atoms with Crippen LogP contribution in [-0.2, 0) is 9.53 Å². The summed E-state index contributed by atoms with van der Waals surface area (Å²) in [7, 11) is 1.53. The Kier molecular flexibility index (Phi) is 5.07. The van der Waals surface area contributed by atoms with E-state index < -0.39 is 5.82 Å². The normalized spacial score (nSPS) is 12.2. The number of nitrogens with one attached hydrogen (secondary N) is 1. The Balaban J connectivity index is 2.69. The summed E-state index contributed by atoms with van der Waals surface area (Å²) in [4.78, 5) is 15.4. The molecule has 6 heteroatoms. The molecule has 1 amide bonds. The van der Waals surface area contributed by atoms with E-state index >= 15 is 0 Å². The van der Waals surface area contributed by atoms with Gasteiger partial charge < -0.3 is 10.1 Å². The first-order valence-corrected chi connectivity index (χ1v) is 5.73. The number of carbonyl (C=O) groups excluding carboxylic acids is 1. The van der Waals surface area contributed by atoms with Crippen molar-refractivity contribution in [1.82, 2.24) is 4.98 Å². The van der Waals surface area contributed by atoms with Crippen molar-refractivity contribution in [3.63, 3.8) is 0 Å². The van der Waals surface area contributed by atoms with Gasteiger partial charge in [0.25, 0.3) is 0 Å². The van der Waals surface area contributed by atoms with Gasteiger partial charge in [-0.1, -0.05) is 6.92 Å². The van der Waals surface area contributed by atoms with E-state index in [9.17, 15) is 9.18 Å². The van der Waals surface area contributed by atoms with Crippen LogP contribution in [0.5, 0.6) is 0 Å². The van der Waals surface area contributed by atoms with Gasteiger partial charge in [0.05, 0.1) is 22.3 Å². The lowest BCUT2D eigenvalue weighted by atomic mass is 10.2. The molecule has 0 spiro atoms. The number of ether oxygens (including phenoxy) is 1. The van der Waals surface area contributed by atoms with Gasteiger partial charge in [-0.3, -0.25) is 4.79 Å². The molecule has 1 N–H and O–H groups in total. The van der Waals surface area contributed by atoms with Gasteiger partial charge in [-0.2, -0.15) is 0 Å². The third-order valence-corrected chi connectivity index (χ3v) is 2.74. The molecule has 1 atom stereocenters. The Morgan fingerprint density at radius 3 is 3.00 bits per heavy atom. The highest BCUT2D eigenvalue weighted by atomic mass is 127. The molecule has 0 aliphatic heterocycles. The zero-order chi connectivity index (χ0) is 12.1. The van der Waals surface area contributed by atoms with Crippen molar-refractivity contribution in [2.75, 3.05) is 19.0 Å². The van der Waals surface area contributed by atoms with E-state index in [1.807, 2.05) is 22.6 Å². The molecule has 0 aliphatic rings. The van der Waals surface area contributed by atoms with E-state index in [4.69, 9.17) is 4.74 Å². The lowest BCUT2D eigenvalue weighted by Crippen LogP contribution is -2.24. The fourth-order valence-electron chi connectivity index (χ4n) is 1.07. The summed E-state index contributed by atoms with van der Waals surface area (Å²) < 4.78 is 18.2. The third kappa shape index (κ3) is 3.67. The van der Waals surface area contributed by atoms with Crippen LogP contribution in [0.15, 0.2) is 12.3 Å². The SMILES string of the molecule is COCC(C)C(=O)Nc1ncc(F)cc1I. The molecule has 0 aliphatic carbocycles. The molecule has 0 saturated heterocycles. The maximum absolute atomic E-state index is 12.8. The molecule has 1 rings (SSSR count). The molecule has 1 heterocycles. The van der Waals surface area contributed by atoms with Crippen LogP contribution < -0.4 is 5.32 Å². The quantitative estimate of drug-likeness (QED) is 0.855. The lowest BCUT2D eigenvalue weighted by Gasteiger charge is -2.11. The fourth-order valence-corrected chi connectivity index (χ4v) is 1.64. The number of halogens is 2. The van der Waals surface area contributed by atoms with E-state index in [1.165, 1.54) is 13.2 Å². The number of amides is 1.